The van der Waals surface area contributed by atoms with Crippen molar-refractivity contribution in [1.82, 2.24) is 10.4 Å². The molecular formula is C19H21ClN4O3. The molecular weight excluding hydrogens is 368 g/mol. The van der Waals surface area contributed by atoms with E-state index < -0.39 is 5.97 Å². The van der Waals surface area contributed by atoms with Crippen LogP contribution in [0.1, 0.15) is 34.9 Å². The van der Waals surface area contributed by atoms with Crippen LogP contribution in [-0.2, 0) is 4.74 Å². The maximum atomic E-state index is 11.5. The summed E-state index contributed by atoms with van der Waals surface area (Å²) in [5.74, 6) is -0.454. The van der Waals surface area contributed by atoms with E-state index in [2.05, 4.69) is 20.7 Å². The van der Waals surface area contributed by atoms with E-state index in [1.807, 2.05) is 18.2 Å². The SMILES string of the molecule is O=C(O)c1ccncc1NC1NN(CC2CCOCC2)c2ccc(Cl)cc21. The van der Waals surface area contributed by atoms with Gasteiger partial charge in [-0.25, -0.2) is 10.2 Å². The fourth-order valence-corrected chi connectivity index (χ4v) is 3.78. The Hall–Kier alpha value is -2.35. The van der Waals surface area contributed by atoms with Gasteiger partial charge in [-0.15, -0.1) is 0 Å². The van der Waals surface area contributed by atoms with Gasteiger partial charge in [0.2, 0.25) is 0 Å². The number of carboxylic acids is 1. The van der Waals surface area contributed by atoms with Gasteiger partial charge in [-0.3, -0.25) is 4.98 Å². The smallest absolute Gasteiger partial charge is 0.337 e. The first-order valence-electron chi connectivity index (χ1n) is 8.96. The van der Waals surface area contributed by atoms with Crippen molar-refractivity contribution in [3.05, 3.63) is 52.8 Å². The zero-order valence-electron chi connectivity index (χ0n) is 14.7. The minimum atomic E-state index is -0.997. The molecule has 7 nitrogen and oxygen atoms in total. The number of nitrogens with zero attached hydrogens (tertiary/aromatic N) is 2. The average molecular weight is 389 g/mol. The van der Waals surface area contributed by atoms with Gasteiger partial charge < -0.3 is 20.2 Å². The van der Waals surface area contributed by atoms with Crippen LogP contribution in [0.5, 0.6) is 0 Å². The number of halogens is 1. The number of ether oxygens (including phenoxy) is 1. The molecule has 142 valence electrons. The van der Waals surface area contributed by atoms with Crippen molar-refractivity contribution in [1.29, 1.82) is 0 Å². The van der Waals surface area contributed by atoms with E-state index in [-0.39, 0.29) is 11.7 Å². The quantitative estimate of drug-likeness (QED) is 0.724. The van der Waals surface area contributed by atoms with Crippen molar-refractivity contribution < 1.29 is 14.6 Å². The third kappa shape index (κ3) is 3.85. The first-order valence-corrected chi connectivity index (χ1v) is 9.34. The van der Waals surface area contributed by atoms with Gasteiger partial charge in [-0.05, 0) is 43.0 Å². The Balaban J connectivity index is 1.59. The Labute approximate surface area is 162 Å². The van der Waals surface area contributed by atoms with Crippen molar-refractivity contribution in [2.75, 3.05) is 30.1 Å². The van der Waals surface area contributed by atoms with E-state index >= 15 is 0 Å². The predicted molar refractivity (Wildman–Crippen MR) is 103 cm³/mol. The summed E-state index contributed by atoms with van der Waals surface area (Å²) >= 11 is 6.22. The van der Waals surface area contributed by atoms with E-state index in [0.717, 1.165) is 43.9 Å². The summed E-state index contributed by atoms with van der Waals surface area (Å²) in [4.78, 5) is 15.5. The largest absolute Gasteiger partial charge is 0.478 e. The van der Waals surface area contributed by atoms with Crippen molar-refractivity contribution in [3.63, 3.8) is 0 Å². The maximum absolute atomic E-state index is 11.5. The standard InChI is InChI=1S/C19H21ClN4O3/c20-13-1-2-17-15(9-13)18(22-16-10-21-6-3-14(16)19(25)26)23-24(17)11-12-4-7-27-8-5-12/h1-3,6,9-10,12,18,22-23H,4-5,7-8,11H2,(H,25,26). The molecule has 1 aromatic heterocycles. The first-order chi connectivity index (χ1) is 13.1. The summed E-state index contributed by atoms with van der Waals surface area (Å²) in [6.45, 7) is 2.45. The third-order valence-corrected chi connectivity index (χ3v) is 5.24. The van der Waals surface area contributed by atoms with E-state index in [1.54, 1.807) is 0 Å². The summed E-state index contributed by atoms with van der Waals surface area (Å²) in [6.07, 6.45) is 4.77. The lowest BCUT2D eigenvalue weighted by Gasteiger charge is -2.29. The average Bonchev–Trinajstić information content (AvgIpc) is 2.99. The monoisotopic (exact) mass is 388 g/mol. The number of benzene rings is 1. The van der Waals surface area contributed by atoms with Crippen LogP contribution in [0, 0.1) is 5.92 Å². The Kier molecular flexibility index (Phi) is 5.15. The lowest BCUT2D eigenvalue weighted by Crippen LogP contribution is -2.41. The number of anilines is 2. The van der Waals surface area contributed by atoms with Crippen LogP contribution in [0.3, 0.4) is 0 Å². The summed E-state index contributed by atoms with van der Waals surface area (Å²) in [5.41, 5.74) is 6.11. The molecule has 1 atom stereocenters. The zero-order valence-corrected chi connectivity index (χ0v) is 15.4. The normalized spacial score (nSPS) is 19.7. The lowest BCUT2D eigenvalue weighted by atomic mass is 10.00. The number of carbonyl (C=O) groups is 1. The van der Waals surface area contributed by atoms with E-state index in [9.17, 15) is 9.90 Å². The number of hydrogen-bond acceptors (Lipinski definition) is 6. The van der Waals surface area contributed by atoms with Gasteiger partial charge in [0.25, 0.3) is 0 Å². The van der Waals surface area contributed by atoms with Gasteiger partial charge in [-0.2, -0.15) is 0 Å². The van der Waals surface area contributed by atoms with Crippen molar-refractivity contribution in [2.45, 2.75) is 19.0 Å². The molecule has 0 radical (unpaired) electrons. The molecule has 8 heteroatoms. The second-order valence-electron chi connectivity index (χ2n) is 6.80. The Morgan fingerprint density at radius 3 is 2.96 bits per heavy atom. The van der Waals surface area contributed by atoms with E-state index in [4.69, 9.17) is 16.3 Å². The minimum Gasteiger partial charge on any atom is -0.478 e. The molecule has 2 aliphatic rings. The summed E-state index contributed by atoms with van der Waals surface area (Å²) in [6, 6.07) is 7.25. The minimum absolute atomic E-state index is 0.179. The van der Waals surface area contributed by atoms with Gasteiger partial charge in [0.1, 0.15) is 6.17 Å². The first kappa shape index (κ1) is 18.0. The summed E-state index contributed by atoms with van der Waals surface area (Å²) in [7, 11) is 0. The van der Waals surface area contributed by atoms with Crippen molar-refractivity contribution in [3.8, 4) is 0 Å². The zero-order chi connectivity index (χ0) is 18.8. The molecule has 1 saturated heterocycles. The highest BCUT2D eigenvalue weighted by Gasteiger charge is 2.31. The number of fused-ring (bicyclic) bond motifs is 1. The molecule has 0 amide bonds. The van der Waals surface area contributed by atoms with E-state index in [1.165, 1.54) is 18.5 Å². The molecule has 2 aliphatic heterocycles. The van der Waals surface area contributed by atoms with Crippen LogP contribution >= 0.6 is 11.6 Å². The highest BCUT2D eigenvalue weighted by Crippen LogP contribution is 2.36. The molecule has 1 fully saturated rings. The van der Waals surface area contributed by atoms with Gasteiger partial charge in [-0.1, -0.05) is 11.6 Å². The molecule has 3 N–H and O–H groups in total. The molecule has 27 heavy (non-hydrogen) atoms. The summed E-state index contributed by atoms with van der Waals surface area (Å²) < 4.78 is 5.45. The summed E-state index contributed by atoms with van der Waals surface area (Å²) in [5, 5.41) is 15.4. The number of aromatic nitrogens is 1. The van der Waals surface area contributed by atoms with Crippen LogP contribution in [0.25, 0.3) is 0 Å². The molecule has 2 aromatic rings. The van der Waals surface area contributed by atoms with Gasteiger partial charge in [0.05, 0.1) is 23.1 Å². The topological polar surface area (TPSA) is 86.7 Å². The number of rotatable bonds is 5. The van der Waals surface area contributed by atoms with Crippen LogP contribution < -0.4 is 15.8 Å². The maximum Gasteiger partial charge on any atom is 0.337 e. The second-order valence-corrected chi connectivity index (χ2v) is 7.24. The number of hydrogen-bond donors (Lipinski definition) is 3. The number of pyridine rings is 1. The molecule has 0 spiro atoms. The van der Waals surface area contributed by atoms with Crippen LogP contribution in [0.15, 0.2) is 36.7 Å². The Morgan fingerprint density at radius 1 is 1.37 bits per heavy atom. The molecule has 0 saturated carbocycles. The van der Waals surface area contributed by atoms with Gasteiger partial charge in [0.15, 0.2) is 0 Å². The molecule has 1 unspecified atom stereocenters. The number of hydrazine groups is 1. The third-order valence-electron chi connectivity index (χ3n) is 5.01. The molecule has 0 bridgehead atoms. The Bertz CT molecular complexity index is 841. The number of nitrogens with one attached hydrogen (secondary N) is 2. The Morgan fingerprint density at radius 2 is 2.19 bits per heavy atom. The molecule has 1 aromatic carbocycles. The fraction of sp³-hybridized carbons (Fsp3) is 0.368. The van der Waals surface area contributed by atoms with Gasteiger partial charge >= 0.3 is 5.97 Å². The van der Waals surface area contributed by atoms with Crippen LogP contribution in [0.2, 0.25) is 5.02 Å². The molecule has 0 aliphatic carbocycles. The van der Waals surface area contributed by atoms with Crippen molar-refractivity contribution >= 4 is 28.9 Å². The number of carboxylic acid groups (broad SMARTS) is 1. The van der Waals surface area contributed by atoms with Crippen LogP contribution in [0.4, 0.5) is 11.4 Å². The van der Waals surface area contributed by atoms with Crippen molar-refractivity contribution in [2.24, 2.45) is 5.92 Å². The van der Waals surface area contributed by atoms with Crippen LogP contribution in [-0.4, -0.2) is 35.8 Å². The fourth-order valence-electron chi connectivity index (χ4n) is 3.60. The highest BCUT2D eigenvalue weighted by molar-refractivity contribution is 6.30. The highest BCUT2D eigenvalue weighted by atomic mass is 35.5. The molecule has 4 rings (SSSR count). The predicted octanol–water partition coefficient (Wildman–Crippen LogP) is 3.30. The van der Waals surface area contributed by atoms with Gasteiger partial charge in [0, 0.05) is 36.5 Å². The van der Waals surface area contributed by atoms with E-state index in [0.29, 0.717) is 16.6 Å². The molecule has 3 heterocycles. The number of aromatic carboxylic acids is 1. The second kappa shape index (κ2) is 7.72. The lowest BCUT2D eigenvalue weighted by molar-refractivity contribution is 0.0676.